The molecule has 0 bridgehead atoms. The summed E-state index contributed by atoms with van der Waals surface area (Å²) < 4.78 is 4.83. The van der Waals surface area contributed by atoms with Gasteiger partial charge in [0.1, 0.15) is 5.84 Å². The van der Waals surface area contributed by atoms with Gasteiger partial charge in [0.2, 0.25) is 6.29 Å². The minimum atomic E-state index is -0.506. The maximum atomic E-state index is 5.44. The van der Waals surface area contributed by atoms with Crippen LogP contribution in [-0.4, -0.2) is 20.8 Å². The molecule has 10 aromatic rings. The Morgan fingerprint density at radius 3 is 1.61 bits per heavy atom. The first-order valence-electron chi connectivity index (χ1n) is 19.0. The number of nitrogens with zero attached hydrogens (tertiary/aromatic N) is 4. The van der Waals surface area contributed by atoms with Gasteiger partial charge >= 0.3 is 0 Å². The molecule has 11 rings (SSSR count). The molecule has 1 unspecified atom stereocenters. The van der Waals surface area contributed by atoms with Crippen molar-refractivity contribution in [1.29, 1.82) is 0 Å². The smallest absolute Gasteiger partial charge is 0.204 e. The zero-order valence-electron chi connectivity index (χ0n) is 30.4. The number of nitrogens with one attached hydrogen (secondary N) is 1. The lowest BCUT2D eigenvalue weighted by Gasteiger charge is -2.26. The van der Waals surface area contributed by atoms with Gasteiger partial charge in [0.15, 0.2) is 5.84 Å². The second-order valence-corrected chi connectivity index (χ2v) is 14.3. The standard InChI is InChI=1S/C51H35N5/c1-4-16-34(17-5-1)37-22-14-24-39(32-37)50-52-49(36-20-8-3-9-21-36)53-51(54-50)56-46-29-13-11-27-42(46)44-31-30-43-41-26-10-12-28-45(41)55(47(43)48(44)56)40-25-15-23-38(33-40)35-18-6-2-7-19-35/h1-33,51H,(H,52,53,54). The van der Waals surface area contributed by atoms with E-state index in [0.717, 1.165) is 55.8 Å². The molecule has 0 fully saturated rings. The average Bonchev–Trinajstić information content (AvgIpc) is 3.80. The van der Waals surface area contributed by atoms with Crippen molar-refractivity contribution in [2.75, 3.05) is 0 Å². The number of rotatable bonds is 6. The molecular formula is C51H35N5. The van der Waals surface area contributed by atoms with Crippen molar-refractivity contribution in [3.63, 3.8) is 0 Å². The van der Waals surface area contributed by atoms with Gasteiger partial charge in [-0.05, 0) is 52.6 Å². The number of benzene rings is 8. The second kappa shape index (κ2) is 13.1. The molecule has 3 heterocycles. The molecule has 1 aliphatic heterocycles. The number of hydrogen-bond acceptors (Lipinski definition) is 3. The summed E-state index contributed by atoms with van der Waals surface area (Å²) >= 11 is 0. The molecule has 0 aliphatic carbocycles. The Labute approximate surface area is 324 Å². The lowest BCUT2D eigenvalue weighted by Crippen LogP contribution is -2.36. The van der Waals surface area contributed by atoms with Crippen LogP contribution in [0, 0.1) is 0 Å². The van der Waals surface area contributed by atoms with E-state index >= 15 is 0 Å². The minimum Gasteiger partial charge on any atom is -0.331 e. The van der Waals surface area contributed by atoms with Gasteiger partial charge in [0, 0.05) is 38.4 Å². The van der Waals surface area contributed by atoms with Crippen LogP contribution in [-0.2, 0) is 0 Å². The molecular weight excluding hydrogens is 683 g/mol. The first-order valence-corrected chi connectivity index (χ1v) is 19.0. The summed E-state index contributed by atoms with van der Waals surface area (Å²) in [7, 11) is 0. The third-order valence-corrected chi connectivity index (χ3v) is 11.0. The van der Waals surface area contributed by atoms with Crippen molar-refractivity contribution < 1.29 is 0 Å². The maximum Gasteiger partial charge on any atom is 0.204 e. The van der Waals surface area contributed by atoms with Crippen LogP contribution in [0.1, 0.15) is 17.4 Å². The lowest BCUT2D eigenvalue weighted by atomic mass is 10.0. The van der Waals surface area contributed by atoms with E-state index < -0.39 is 6.29 Å². The molecule has 5 heteroatoms. The fraction of sp³-hybridized carbons (Fsp3) is 0.0196. The van der Waals surface area contributed by atoms with Gasteiger partial charge in [-0.25, -0.2) is 9.98 Å². The maximum absolute atomic E-state index is 5.44. The van der Waals surface area contributed by atoms with E-state index in [1.54, 1.807) is 0 Å². The third kappa shape index (κ3) is 5.24. The Hall–Kier alpha value is -7.50. The highest BCUT2D eigenvalue weighted by atomic mass is 15.3. The summed E-state index contributed by atoms with van der Waals surface area (Å²) in [6, 6.07) is 70.9. The molecule has 0 amide bonds. The summed E-state index contributed by atoms with van der Waals surface area (Å²) in [4.78, 5) is 10.7. The minimum absolute atomic E-state index is 0.506. The van der Waals surface area contributed by atoms with Crippen molar-refractivity contribution >= 4 is 55.3 Å². The lowest BCUT2D eigenvalue weighted by molar-refractivity contribution is 0.516. The van der Waals surface area contributed by atoms with Crippen LogP contribution < -0.4 is 5.32 Å². The molecule has 0 saturated carbocycles. The van der Waals surface area contributed by atoms with Crippen LogP contribution in [0.5, 0.6) is 0 Å². The summed E-state index contributed by atoms with van der Waals surface area (Å²) in [5, 5.41) is 8.58. The van der Waals surface area contributed by atoms with Crippen molar-refractivity contribution in [2.45, 2.75) is 6.29 Å². The molecule has 0 saturated heterocycles. The van der Waals surface area contributed by atoms with E-state index in [0.29, 0.717) is 5.84 Å². The number of aliphatic imine (C=N–C) groups is 2. The SMILES string of the molecule is c1ccc(C2=NC(n3c4ccccc4c4ccc5c6ccccc6n(-c6cccc(-c7ccccc7)c6)c5c43)NC(c3cccc(-c4ccccc4)c3)=N2)cc1. The number of fused-ring (bicyclic) bond motifs is 7. The Balaban J connectivity index is 1.19. The molecule has 1 N–H and O–H groups in total. The summed E-state index contributed by atoms with van der Waals surface area (Å²) in [5.74, 6) is 1.46. The Kier molecular flexibility index (Phi) is 7.49. The number of hydrogen-bond donors (Lipinski definition) is 1. The van der Waals surface area contributed by atoms with Crippen LogP contribution >= 0.6 is 0 Å². The average molecular weight is 718 g/mol. The fourth-order valence-corrected chi connectivity index (χ4v) is 8.42. The quantitative estimate of drug-likeness (QED) is 0.183. The van der Waals surface area contributed by atoms with Crippen molar-refractivity contribution in [1.82, 2.24) is 14.5 Å². The van der Waals surface area contributed by atoms with E-state index in [-0.39, 0.29) is 0 Å². The van der Waals surface area contributed by atoms with E-state index in [2.05, 4.69) is 196 Å². The number of aromatic nitrogens is 2. The van der Waals surface area contributed by atoms with E-state index in [9.17, 15) is 0 Å². The summed E-state index contributed by atoms with van der Waals surface area (Å²) in [6.45, 7) is 0. The van der Waals surface area contributed by atoms with Gasteiger partial charge in [-0.1, -0.05) is 170 Å². The molecule has 1 atom stereocenters. The van der Waals surface area contributed by atoms with Crippen LogP contribution in [0.3, 0.4) is 0 Å². The van der Waals surface area contributed by atoms with E-state index in [4.69, 9.17) is 9.98 Å². The third-order valence-electron chi connectivity index (χ3n) is 11.0. The number of amidine groups is 2. The topological polar surface area (TPSA) is 46.6 Å². The van der Waals surface area contributed by atoms with Crippen molar-refractivity contribution in [2.24, 2.45) is 9.98 Å². The highest BCUT2D eigenvalue weighted by molar-refractivity contribution is 6.23. The highest BCUT2D eigenvalue weighted by Crippen LogP contribution is 2.42. The van der Waals surface area contributed by atoms with Gasteiger partial charge in [-0.15, -0.1) is 0 Å². The van der Waals surface area contributed by atoms with Gasteiger partial charge in [-0.3, -0.25) is 4.57 Å². The predicted molar refractivity (Wildman–Crippen MR) is 233 cm³/mol. The highest BCUT2D eigenvalue weighted by Gasteiger charge is 2.27. The Morgan fingerprint density at radius 1 is 0.393 bits per heavy atom. The largest absolute Gasteiger partial charge is 0.331 e. The Morgan fingerprint density at radius 2 is 0.911 bits per heavy atom. The Bertz CT molecular complexity index is 3150. The van der Waals surface area contributed by atoms with Crippen LogP contribution in [0.15, 0.2) is 210 Å². The van der Waals surface area contributed by atoms with Gasteiger partial charge in [0.25, 0.3) is 0 Å². The molecule has 56 heavy (non-hydrogen) atoms. The molecule has 8 aromatic carbocycles. The van der Waals surface area contributed by atoms with Crippen LogP contribution in [0.4, 0.5) is 0 Å². The fourth-order valence-electron chi connectivity index (χ4n) is 8.42. The van der Waals surface area contributed by atoms with Crippen LogP contribution in [0.2, 0.25) is 0 Å². The van der Waals surface area contributed by atoms with E-state index in [1.807, 2.05) is 18.2 Å². The first-order chi connectivity index (χ1) is 27.8. The van der Waals surface area contributed by atoms with Crippen molar-refractivity contribution in [3.05, 3.63) is 211 Å². The summed E-state index contributed by atoms with van der Waals surface area (Å²) in [5.41, 5.74) is 12.2. The normalized spacial score (nSPS) is 14.2. The summed E-state index contributed by atoms with van der Waals surface area (Å²) in [6.07, 6.45) is -0.506. The zero-order chi connectivity index (χ0) is 37.0. The molecule has 264 valence electrons. The predicted octanol–water partition coefficient (Wildman–Crippen LogP) is 12.2. The molecule has 5 nitrogen and oxygen atoms in total. The van der Waals surface area contributed by atoms with Crippen LogP contribution in [0.25, 0.3) is 71.6 Å². The van der Waals surface area contributed by atoms with Crippen molar-refractivity contribution in [3.8, 4) is 27.9 Å². The van der Waals surface area contributed by atoms with Gasteiger partial charge in [0.05, 0.1) is 22.1 Å². The van der Waals surface area contributed by atoms with Gasteiger partial charge < -0.3 is 9.88 Å². The zero-order valence-corrected chi connectivity index (χ0v) is 30.4. The molecule has 2 aromatic heterocycles. The molecule has 1 aliphatic rings. The molecule has 0 spiro atoms. The van der Waals surface area contributed by atoms with E-state index in [1.165, 1.54) is 32.7 Å². The van der Waals surface area contributed by atoms with Gasteiger partial charge in [-0.2, -0.15) is 0 Å². The first kappa shape index (κ1) is 32.0. The number of para-hydroxylation sites is 2. The monoisotopic (exact) mass is 717 g/mol. The second-order valence-electron chi connectivity index (χ2n) is 14.3. The molecule has 0 radical (unpaired) electrons.